The van der Waals surface area contributed by atoms with Crippen molar-refractivity contribution in [1.29, 1.82) is 0 Å². The van der Waals surface area contributed by atoms with Gasteiger partial charge in [0.1, 0.15) is 0 Å². The molecule has 1 heterocycles. The minimum atomic E-state index is -4.92. The van der Waals surface area contributed by atoms with Crippen molar-refractivity contribution in [2.45, 2.75) is 25.2 Å². The van der Waals surface area contributed by atoms with Crippen molar-refractivity contribution >= 4 is 22.6 Å². The fourth-order valence-corrected chi connectivity index (χ4v) is 3.99. The van der Waals surface area contributed by atoms with Crippen molar-refractivity contribution in [2.75, 3.05) is 13.1 Å². The molecule has 0 spiro atoms. The number of rotatable bonds is 4. The molecule has 3 aromatic rings. The van der Waals surface area contributed by atoms with Gasteiger partial charge in [0.15, 0.2) is 0 Å². The molecule has 31 heavy (non-hydrogen) atoms. The van der Waals surface area contributed by atoms with E-state index in [1.807, 2.05) is 60.7 Å². The van der Waals surface area contributed by atoms with Gasteiger partial charge >= 0.3 is 12.1 Å². The molecular formula is C24H21F3N2O2. The van der Waals surface area contributed by atoms with Crippen LogP contribution >= 0.6 is 0 Å². The van der Waals surface area contributed by atoms with Crippen molar-refractivity contribution in [3.63, 3.8) is 0 Å². The largest absolute Gasteiger partial charge is 0.471 e. The maximum absolute atomic E-state index is 13.5. The Morgan fingerprint density at radius 2 is 1.61 bits per heavy atom. The first-order valence-electron chi connectivity index (χ1n) is 10.0. The van der Waals surface area contributed by atoms with Crippen LogP contribution in [0.15, 0.2) is 72.8 Å². The van der Waals surface area contributed by atoms with E-state index in [1.54, 1.807) is 17.0 Å². The maximum atomic E-state index is 13.5. The first-order chi connectivity index (χ1) is 14.8. The summed E-state index contributed by atoms with van der Waals surface area (Å²) in [5.41, 5.74) is 1.34. The summed E-state index contributed by atoms with van der Waals surface area (Å²) in [7, 11) is 0. The van der Waals surface area contributed by atoms with Crippen molar-refractivity contribution in [3.05, 3.63) is 83.9 Å². The van der Waals surface area contributed by atoms with E-state index in [4.69, 9.17) is 0 Å². The van der Waals surface area contributed by atoms with Gasteiger partial charge in [0, 0.05) is 25.2 Å². The molecule has 3 aromatic carbocycles. The van der Waals surface area contributed by atoms with E-state index in [-0.39, 0.29) is 25.5 Å². The van der Waals surface area contributed by atoms with Crippen LogP contribution in [-0.2, 0) is 11.3 Å². The lowest BCUT2D eigenvalue weighted by molar-refractivity contribution is -0.184. The van der Waals surface area contributed by atoms with Crippen LogP contribution in [0, 0.1) is 0 Å². The lowest BCUT2D eigenvalue weighted by atomic mass is 10.0. The molecule has 0 unspecified atom stereocenters. The second-order valence-corrected chi connectivity index (χ2v) is 7.67. The number of fused-ring (bicyclic) bond motifs is 1. The molecule has 7 heteroatoms. The third-order valence-electron chi connectivity index (χ3n) is 5.59. The Balaban J connectivity index is 1.62. The van der Waals surface area contributed by atoms with Gasteiger partial charge in [-0.05, 0) is 34.9 Å². The molecule has 4 rings (SSSR count). The van der Waals surface area contributed by atoms with E-state index in [9.17, 15) is 22.8 Å². The Morgan fingerprint density at radius 3 is 2.32 bits per heavy atom. The fraction of sp³-hybridized carbons (Fsp3) is 0.250. The second kappa shape index (κ2) is 8.41. The molecule has 1 fully saturated rings. The minimum Gasteiger partial charge on any atom is -0.333 e. The molecule has 0 N–H and O–H groups in total. The molecule has 4 nitrogen and oxygen atoms in total. The van der Waals surface area contributed by atoms with Crippen LogP contribution in [0.5, 0.6) is 0 Å². The fourth-order valence-electron chi connectivity index (χ4n) is 3.99. The van der Waals surface area contributed by atoms with Crippen molar-refractivity contribution in [2.24, 2.45) is 0 Å². The number of benzene rings is 3. The van der Waals surface area contributed by atoms with Crippen LogP contribution in [0.3, 0.4) is 0 Å². The number of carbonyl (C=O) groups excluding carboxylic acids is 2. The second-order valence-electron chi connectivity index (χ2n) is 7.67. The van der Waals surface area contributed by atoms with E-state index in [0.29, 0.717) is 12.0 Å². The lowest BCUT2D eigenvalue weighted by Gasteiger charge is -2.30. The average Bonchev–Trinajstić information content (AvgIpc) is 3.26. The first kappa shape index (κ1) is 20.9. The summed E-state index contributed by atoms with van der Waals surface area (Å²) in [6, 6.07) is 21.8. The van der Waals surface area contributed by atoms with Crippen LogP contribution in [0.4, 0.5) is 13.2 Å². The molecule has 160 valence electrons. The number of carbonyl (C=O) groups is 2. The highest BCUT2D eigenvalue weighted by Crippen LogP contribution is 2.26. The SMILES string of the molecule is O=C(c1ccc2ccccc2c1)N(Cc1ccccc1)[C@@H]1CCN(C(=O)C(F)(F)F)C1. The zero-order valence-corrected chi connectivity index (χ0v) is 16.7. The predicted molar refractivity (Wildman–Crippen MR) is 111 cm³/mol. The number of alkyl halides is 3. The first-order valence-corrected chi connectivity index (χ1v) is 10.0. The Morgan fingerprint density at radius 1 is 0.935 bits per heavy atom. The number of hydrogen-bond donors (Lipinski definition) is 0. The van der Waals surface area contributed by atoms with Gasteiger partial charge in [-0.3, -0.25) is 9.59 Å². The van der Waals surface area contributed by atoms with Gasteiger partial charge < -0.3 is 9.80 Å². The average molecular weight is 426 g/mol. The van der Waals surface area contributed by atoms with Gasteiger partial charge in [0.05, 0.1) is 6.04 Å². The molecule has 1 atom stereocenters. The van der Waals surface area contributed by atoms with Gasteiger partial charge in [-0.15, -0.1) is 0 Å². The van der Waals surface area contributed by atoms with Crippen molar-refractivity contribution in [1.82, 2.24) is 9.80 Å². The molecule has 1 saturated heterocycles. The van der Waals surface area contributed by atoms with Gasteiger partial charge in [-0.1, -0.05) is 60.7 Å². The summed E-state index contributed by atoms with van der Waals surface area (Å²) in [4.78, 5) is 27.5. The summed E-state index contributed by atoms with van der Waals surface area (Å²) >= 11 is 0. The van der Waals surface area contributed by atoms with Crippen LogP contribution in [0.25, 0.3) is 10.8 Å². The number of amides is 2. The smallest absolute Gasteiger partial charge is 0.333 e. The van der Waals surface area contributed by atoms with Crippen molar-refractivity contribution in [3.8, 4) is 0 Å². The summed E-state index contributed by atoms with van der Waals surface area (Å²) in [5, 5.41) is 1.91. The molecule has 0 saturated carbocycles. The summed E-state index contributed by atoms with van der Waals surface area (Å²) in [5.74, 6) is -2.12. The van der Waals surface area contributed by atoms with Crippen LogP contribution in [0.2, 0.25) is 0 Å². The highest BCUT2D eigenvalue weighted by Gasteiger charge is 2.45. The molecule has 0 bridgehead atoms. The quantitative estimate of drug-likeness (QED) is 0.610. The number of hydrogen-bond acceptors (Lipinski definition) is 2. The molecule has 0 aromatic heterocycles. The van der Waals surface area contributed by atoms with E-state index in [1.165, 1.54) is 0 Å². The van der Waals surface area contributed by atoms with Gasteiger partial charge in [-0.2, -0.15) is 13.2 Å². The molecule has 1 aliphatic rings. The number of halogens is 3. The standard InChI is InChI=1S/C24H21F3N2O2/c25-24(26,27)23(31)28-13-12-21(16-28)29(15-17-6-2-1-3-7-17)22(30)20-11-10-18-8-4-5-9-19(18)14-20/h1-11,14,21H,12-13,15-16H2/t21-/m1/s1. The molecule has 0 radical (unpaired) electrons. The number of likely N-dealkylation sites (tertiary alicyclic amines) is 1. The third-order valence-corrected chi connectivity index (χ3v) is 5.59. The normalized spacial score (nSPS) is 16.5. The highest BCUT2D eigenvalue weighted by molar-refractivity contribution is 5.98. The monoisotopic (exact) mass is 426 g/mol. The van der Waals surface area contributed by atoms with Gasteiger partial charge in [0.25, 0.3) is 5.91 Å². The topological polar surface area (TPSA) is 40.6 Å². The Labute approximate surface area is 177 Å². The molecular weight excluding hydrogens is 405 g/mol. The maximum Gasteiger partial charge on any atom is 0.471 e. The van der Waals surface area contributed by atoms with E-state index in [0.717, 1.165) is 21.2 Å². The van der Waals surface area contributed by atoms with E-state index < -0.39 is 18.1 Å². The van der Waals surface area contributed by atoms with E-state index in [2.05, 4.69) is 0 Å². The van der Waals surface area contributed by atoms with Crippen LogP contribution < -0.4 is 0 Å². The highest BCUT2D eigenvalue weighted by atomic mass is 19.4. The molecule has 0 aliphatic carbocycles. The van der Waals surface area contributed by atoms with E-state index >= 15 is 0 Å². The minimum absolute atomic E-state index is 0.0285. The molecule has 2 amide bonds. The van der Waals surface area contributed by atoms with Crippen LogP contribution in [-0.4, -0.2) is 46.9 Å². The third kappa shape index (κ3) is 4.55. The number of nitrogens with zero attached hydrogens (tertiary/aromatic N) is 2. The van der Waals surface area contributed by atoms with Crippen molar-refractivity contribution < 1.29 is 22.8 Å². The molecule has 1 aliphatic heterocycles. The Bertz CT molecular complexity index is 1100. The zero-order chi connectivity index (χ0) is 22.0. The zero-order valence-electron chi connectivity index (χ0n) is 16.7. The predicted octanol–water partition coefficient (Wildman–Crippen LogP) is 4.65. The summed E-state index contributed by atoms with van der Waals surface area (Å²) < 4.78 is 38.6. The summed E-state index contributed by atoms with van der Waals surface area (Å²) in [6.45, 7) is 0.0923. The van der Waals surface area contributed by atoms with Gasteiger partial charge in [-0.25, -0.2) is 0 Å². The lowest BCUT2D eigenvalue weighted by Crippen LogP contribution is -2.44. The summed E-state index contributed by atoms with van der Waals surface area (Å²) in [6.07, 6.45) is -4.62. The Kier molecular flexibility index (Phi) is 5.67. The van der Waals surface area contributed by atoms with Gasteiger partial charge in [0.2, 0.25) is 0 Å². The Hall–Kier alpha value is -3.35. The van der Waals surface area contributed by atoms with Crippen LogP contribution in [0.1, 0.15) is 22.3 Å².